The van der Waals surface area contributed by atoms with E-state index in [1.54, 1.807) is 12.2 Å². The molecule has 2 atom stereocenters. The molecule has 0 aliphatic heterocycles. The molecule has 0 aromatic carbocycles. The zero-order chi connectivity index (χ0) is 13.3. The van der Waals surface area contributed by atoms with Crippen LogP contribution in [0.1, 0.15) is 9.16 Å². The fraction of sp³-hybridized carbons (Fsp3) is 0.400. The van der Waals surface area contributed by atoms with E-state index in [1.807, 2.05) is 0 Å². The van der Waals surface area contributed by atoms with Crippen LogP contribution in [0.2, 0.25) is 5.15 Å². The Kier molecular flexibility index (Phi) is 2.56. The van der Waals surface area contributed by atoms with Crippen LogP contribution >= 0.6 is 11.6 Å². The average Bonchev–Trinajstić information content (AvgIpc) is 2.63. The molecule has 0 bridgehead atoms. The van der Waals surface area contributed by atoms with E-state index in [4.69, 9.17) is 20.1 Å². The molecule has 1 aromatic rings. The molecule has 1 aromatic heterocycles. The number of rotatable bonds is 3. The monoisotopic (exact) mass is 242 g/mol. The van der Waals surface area contributed by atoms with Gasteiger partial charge in [0, 0.05) is 24.6 Å². The second-order valence-electron chi connectivity index (χ2n) is 3.54. The number of nitrogens with two attached hydrogens (primary N) is 1. The molecule has 0 saturated carbocycles. The highest BCUT2D eigenvalue weighted by Gasteiger charge is 2.18. The van der Waals surface area contributed by atoms with Gasteiger partial charge in [0.25, 0.3) is 0 Å². The minimum atomic E-state index is -2.21. The lowest BCUT2D eigenvalue weighted by Gasteiger charge is -2.13. The highest BCUT2D eigenvalue weighted by Crippen LogP contribution is 2.21. The fourth-order valence-electron chi connectivity index (χ4n) is 1.60. The van der Waals surface area contributed by atoms with E-state index in [0.29, 0.717) is 12.2 Å². The number of hydrogen-bond acceptors (Lipinski definition) is 5. The number of nitrogens with one attached hydrogen (secondary N) is 1. The largest absolute Gasteiger partial charge is 0.396 e. The minimum absolute atomic E-state index is 0.0704. The van der Waals surface area contributed by atoms with Crippen LogP contribution in [-0.2, 0) is 0 Å². The third kappa shape index (κ3) is 2.62. The van der Waals surface area contributed by atoms with E-state index < -0.39 is 12.5 Å². The zero-order valence-electron chi connectivity index (χ0n) is 10.4. The van der Waals surface area contributed by atoms with Crippen LogP contribution in [0.3, 0.4) is 0 Å². The molecule has 2 rings (SSSR count). The Morgan fingerprint density at radius 3 is 3.06 bits per heavy atom. The maximum atomic E-state index is 9.28. The van der Waals surface area contributed by atoms with Crippen LogP contribution in [0.15, 0.2) is 18.2 Å². The van der Waals surface area contributed by atoms with Crippen molar-refractivity contribution in [2.75, 3.05) is 17.6 Å². The van der Waals surface area contributed by atoms with E-state index >= 15 is 0 Å². The highest BCUT2D eigenvalue weighted by molar-refractivity contribution is 6.29. The SMILES string of the molecule is [2H]C([2H])(O)C1C=CC(Nc2cc(Cl)nc(N)n2)C1. The summed E-state index contributed by atoms with van der Waals surface area (Å²) in [5.41, 5.74) is 5.47. The Labute approximate surface area is 101 Å². The van der Waals surface area contributed by atoms with Gasteiger partial charge in [0.15, 0.2) is 0 Å². The number of anilines is 2. The Bertz CT molecular complexity index is 457. The lowest BCUT2D eigenvalue weighted by Crippen LogP contribution is -2.17. The maximum absolute atomic E-state index is 9.28. The second kappa shape index (κ2) is 4.67. The molecular weight excluding hydrogens is 228 g/mol. The molecule has 1 aliphatic rings. The number of aromatic nitrogens is 2. The van der Waals surface area contributed by atoms with Crippen LogP contribution in [0.4, 0.5) is 11.8 Å². The van der Waals surface area contributed by atoms with E-state index in [9.17, 15) is 5.11 Å². The molecule has 86 valence electrons. The summed E-state index contributed by atoms with van der Waals surface area (Å²) in [5, 5.41) is 12.6. The molecular formula is C10H13ClN4O. The van der Waals surface area contributed by atoms with Crippen LogP contribution in [-0.4, -0.2) is 27.7 Å². The van der Waals surface area contributed by atoms with Crippen molar-refractivity contribution >= 4 is 23.4 Å². The molecule has 6 heteroatoms. The minimum Gasteiger partial charge on any atom is -0.396 e. The molecule has 16 heavy (non-hydrogen) atoms. The van der Waals surface area contributed by atoms with Gasteiger partial charge in [-0.1, -0.05) is 23.8 Å². The van der Waals surface area contributed by atoms with Gasteiger partial charge in [-0.25, -0.2) is 4.98 Å². The Morgan fingerprint density at radius 2 is 2.44 bits per heavy atom. The first-order valence-electron chi connectivity index (χ1n) is 5.82. The molecule has 0 spiro atoms. The first-order valence-corrected chi connectivity index (χ1v) is 5.19. The van der Waals surface area contributed by atoms with Gasteiger partial charge in [-0.2, -0.15) is 4.98 Å². The quantitative estimate of drug-likeness (QED) is 0.545. The summed E-state index contributed by atoms with van der Waals surface area (Å²) in [7, 11) is 0. The van der Waals surface area contributed by atoms with Gasteiger partial charge in [-0.15, -0.1) is 0 Å². The van der Waals surface area contributed by atoms with Gasteiger partial charge >= 0.3 is 0 Å². The van der Waals surface area contributed by atoms with E-state index in [-0.39, 0.29) is 17.1 Å². The normalized spacial score (nSPS) is 26.4. The molecule has 2 unspecified atom stereocenters. The number of nitrogen functional groups attached to an aromatic ring is 1. The van der Waals surface area contributed by atoms with Crippen LogP contribution in [0, 0.1) is 5.92 Å². The summed E-state index contributed by atoms with van der Waals surface area (Å²) in [6.45, 7) is -2.21. The van der Waals surface area contributed by atoms with Crippen LogP contribution < -0.4 is 11.1 Å². The topological polar surface area (TPSA) is 84.1 Å². The van der Waals surface area contributed by atoms with Crippen molar-refractivity contribution in [2.45, 2.75) is 12.5 Å². The Hall–Kier alpha value is -1.33. The summed E-state index contributed by atoms with van der Waals surface area (Å²) in [6, 6.07) is 1.41. The smallest absolute Gasteiger partial charge is 0.223 e. The van der Waals surface area contributed by atoms with Gasteiger partial charge in [0.1, 0.15) is 11.0 Å². The first-order chi connectivity index (χ1) is 8.34. The molecule has 0 radical (unpaired) electrons. The summed E-state index contributed by atoms with van der Waals surface area (Å²) in [5.74, 6) is 0.00646. The third-order valence-corrected chi connectivity index (χ3v) is 2.49. The third-order valence-electron chi connectivity index (χ3n) is 2.29. The number of hydrogen-bond donors (Lipinski definition) is 3. The van der Waals surface area contributed by atoms with Gasteiger partial charge in [-0.05, 0) is 6.42 Å². The van der Waals surface area contributed by atoms with Gasteiger partial charge < -0.3 is 16.2 Å². The predicted molar refractivity (Wildman–Crippen MR) is 63.2 cm³/mol. The zero-order valence-corrected chi connectivity index (χ0v) is 9.15. The van der Waals surface area contributed by atoms with Crippen molar-refractivity contribution in [1.82, 2.24) is 9.97 Å². The average molecular weight is 243 g/mol. The second-order valence-corrected chi connectivity index (χ2v) is 3.93. The standard InChI is InChI=1S/C10H13ClN4O/c11-8-4-9(15-10(12)14-8)13-7-2-1-6(3-7)5-16/h1-2,4,6-7,16H,3,5H2,(H3,12,13,14,15)/i5D2. The lowest BCUT2D eigenvalue weighted by atomic mass is 10.1. The molecule has 0 fully saturated rings. The van der Waals surface area contributed by atoms with Gasteiger partial charge in [0.2, 0.25) is 5.95 Å². The Morgan fingerprint density at radius 1 is 1.62 bits per heavy atom. The summed E-state index contributed by atoms with van der Waals surface area (Å²) in [4.78, 5) is 7.70. The van der Waals surface area contributed by atoms with Crippen molar-refractivity contribution in [2.24, 2.45) is 5.92 Å². The van der Waals surface area contributed by atoms with E-state index in [2.05, 4.69) is 15.3 Å². The van der Waals surface area contributed by atoms with Crippen LogP contribution in [0.25, 0.3) is 0 Å². The summed E-state index contributed by atoms with van der Waals surface area (Å²) >= 11 is 5.75. The van der Waals surface area contributed by atoms with Crippen molar-refractivity contribution in [3.8, 4) is 0 Å². The van der Waals surface area contributed by atoms with Crippen LogP contribution in [0.5, 0.6) is 0 Å². The predicted octanol–water partition coefficient (Wildman–Crippen LogP) is 1.06. The number of aliphatic hydroxyl groups is 1. The molecule has 4 N–H and O–H groups in total. The fourth-order valence-corrected chi connectivity index (χ4v) is 1.79. The number of nitrogens with zero attached hydrogens (tertiary/aromatic N) is 2. The molecule has 1 heterocycles. The molecule has 5 nitrogen and oxygen atoms in total. The van der Waals surface area contributed by atoms with E-state index in [0.717, 1.165) is 0 Å². The molecule has 0 amide bonds. The lowest BCUT2D eigenvalue weighted by molar-refractivity contribution is 0.250. The van der Waals surface area contributed by atoms with Gasteiger partial charge in [-0.3, -0.25) is 0 Å². The van der Waals surface area contributed by atoms with Gasteiger partial charge in [0.05, 0.1) is 2.74 Å². The van der Waals surface area contributed by atoms with Crippen molar-refractivity contribution in [3.63, 3.8) is 0 Å². The van der Waals surface area contributed by atoms with Crippen molar-refractivity contribution < 1.29 is 7.85 Å². The highest BCUT2D eigenvalue weighted by atomic mass is 35.5. The maximum Gasteiger partial charge on any atom is 0.223 e. The summed E-state index contributed by atoms with van der Waals surface area (Å²) in [6.07, 6.45) is 3.86. The van der Waals surface area contributed by atoms with E-state index in [1.165, 1.54) is 6.07 Å². The van der Waals surface area contributed by atoms with Crippen molar-refractivity contribution in [3.05, 3.63) is 23.4 Å². The molecule has 1 aliphatic carbocycles. The van der Waals surface area contributed by atoms with Crippen molar-refractivity contribution in [1.29, 1.82) is 0 Å². The first kappa shape index (κ1) is 8.78. The Balaban J connectivity index is 2.02. The molecule has 0 saturated heterocycles. The number of halogens is 1. The summed E-state index contributed by atoms with van der Waals surface area (Å²) < 4.78 is 14.5.